The summed E-state index contributed by atoms with van der Waals surface area (Å²) in [4.78, 5) is 37.6. The molecule has 85 heavy (non-hydrogen) atoms. The number of hydrogen-bond donors (Lipinski definition) is 1. The van der Waals surface area contributed by atoms with E-state index in [1.807, 2.05) is 21.1 Å². The Labute approximate surface area is 526 Å². The molecule has 0 aliphatic rings. The lowest BCUT2D eigenvalue weighted by Gasteiger charge is -2.25. The maximum absolute atomic E-state index is 12.9. The van der Waals surface area contributed by atoms with E-state index in [1.54, 1.807) is 0 Å². The molecule has 2 unspecified atom stereocenters. The molecule has 0 aliphatic heterocycles. The van der Waals surface area contributed by atoms with Gasteiger partial charge in [0, 0.05) is 12.8 Å². The standard InChI is InChI=1S/C76H139NO8/c1-6-8-10-12-14-16-18-20-22-24-26-28-30-32-33-34-35-36-37-38-39-40-41-43-44-46-48-50-52-54-56-58-60-62-64-66-73(78)83-70-72(71-84-76(75(80)81)82-69-68-77(3,4)5)85-74(79)67-65-63-61-59-57-55-53-51-49-47-45-42-31-29-27-25-23-21-19-17-15-13-11-9-7-2/h9,11,15,17,21,23-24,26-27,29,72,76H,6-8,10,12-14,16,18-20,22,25,28,30-71H2,1-5H3/p+1/b11-9-,17-15-,23-21-,26-24-,29-27-. The minimum absolute atomic E-state index is 0.180. The van der Waals surface area contributed by atoms with E-state index >= 15 is 0 Å². The SMILES string of the molecule is CC/C=C\C/C=C\C/C=C\C/C=C\CCCCCCCCCCCCCCC(=O)OC(COC(=O)CCCCCCCCCCCCCCCCCCCCCCCCC/C=C\CCCCCCCCCC)COC(OCC[N+](C)(C)C)C(=O)O. The van der Waals surface area contributed by atoms with Gasteiger partial charge in [0.15, 0.2) is 6.10 Å². The van der Waals surface area contributed by atoms with Crippen molar-refractivity contribution in [1.29, 1.82) is 0 Å². The molecule has 0 aliphatic carbocycles. The van der Waals surface area contributed by atoms with Crippen molar-refractivity contribution in [1.82, 2.24) is 0 Å². The molecule has 0 aromatic carbocycles. The second-order valence-corrected chi connectivity index (χ2v) is 25.9. The van der Waals surface area contributed by atoms with Gasteiger partial charge in [-0.05, 0) is 77.0 Å². The number of aliphatic carboxylic acids is 1. The third kappa shape index (κ3) is 68.3. The van der Waals surface area contributed by atoms with Crippen LogP contribution in [0.3, 0.4) is 0 Å². The fraction of sp³-hybridized carbons (Fsp3) is 0.829. The van der Waals surface area contributed by atoms with E-state index in [0.29, 0.717) is 17.4 Å². The molecule has 0 rings (SSSR count). The van der Waals surface area contributed by atoms with Crippen molar-refractivity contribution in [3.8, 4) is 0 Å². The summed E-state index contributed by atoms with van der Waals surface area (Å²) in [5, 5.41) is 9.75. The summed E-state index contributed by atoms with van der Waals surface area (Å²) in [6.45, 7) is 4.81. The maximum atomic E-state index is 12.9. The smallest absolute Gasteiger partial charge is 0.361 e. The molecule has 0 saturated heterocycles. The molecule has 0 fully saturated rings. The number of carboxylic acids is 1. The van der Waals surface area contributed by atoms with Crippen LogP contribution in [-0.2, 0) is 33.3 Å². The summed E-state index contributed by atoms with van der Waals surface area (Å²) in [6, 6.07) is 0. The number of rotatable bonds is 68. The highest BCUT2D eigenvalue weighted by molar-refractivity contribution is 5.71. The molecule has 9 heteroatoms. The number of ether oxygens (including phenoxy) is 4. The molecule has 0 aromatic heterocycles. The molecule has 0 radical (unpaired) electrons. The molecular formula is C76H140NO8+. The maximum Gasteiger partial charge on any atom is 0.361 e. The van der Waals surface area contributed by atoms with Crippen LogP contribution in [0, 0.1) is 0 Å². The van der Waals surface area contributed by atoms with E-state index in [0.717, 1.165) is 64.2 Å². The lowest BCUT2D eigenvalue weighted by Crippen LogP contribution is -2.40. The third-order valence-electron chi connectivity index (χ3n) is 16.3. The lowest BCUT2D eigenvalue weighted by molar-refractivity contribution is -0.870. The zero-order chi connectivity index (χ0) is 61.9. The van der Waals surface area contributed by atoms with Gasteiger partial charge in [-0.15, -0.1) is 0 Å². The van der Waals surface area contributed by atoms with Gasteiger partial charge >= 0.3 is 17.9 Å². The fourth-order valence-electron chi connectivity index (χ4n) is 10.7. The van der Waals surface area contributed by atoms with Crippen LogP contribution in [-0.4, -0.2) is 87.4 Å². The largest absolute Gasteiger partial charge is 0.477 e. The molecule has 0 amide bonds. The number of quaternary nitrogens is 1. The Kier molecular flexibility index (Phi) is 64.6. The summed E-state index contributed by atoms with van der Waals surface area (Å²) < 4.78 is 23.0. The minimum atomic E-state index is -1.51. The van der Waals surface area contributed by atoms with Crippen LogP contribution >= 0.6 is 0 Å². The van der Waals surface area contributed by atoms with Crippen molar-refractivity contribution in [3.63, 3.8) is 0 Å². The zero-order valence-corrected chi connectivity index (χ0v) is 56.8. The van der Waals surface area contributed by atoms with Gasteiger partial charge in [-0.25, -0.2) is 4.79 Å². The van der Waals surface area contributed by atoms with Gasteiger partial charge in [0.25, 0.3) is 6.29 Å². The summed E-state index contributed by atoms with van der Waals surface area (Å²) in [6.07, 6.45) is 85.0. The second-order valence-electron chi connectivity index (χ2n) is 25.9. The summed E-state index contributed by atoms with van der Waals surface area (Å²) in [7, 11) is 5.99. The predicted molar refractivity (Wildman–Crippen MR) is 364 cm³/mol. The third-order valence-corrected chi connectivity index (χ3v) is 16.3. The summed E-state index contributed by atoms with van der Waals surface area (Å²) in [5.41, 5.74) is 0. The first-order valence-electron chi connectivity index (χ1n) is 36.5. The van der Waals surface area contributed by atoms with E-state index in [4.69, 9.17) is 18.9 Å². The van der Waals surface area contributed by atoms with E-state index < -0.39 is 24.3 Å². The van der Waals surface area contributed by atoms with E-state index in [2.05, 4.69) is 74.6 Å². The van der Waals surface area contributed by atoms with Crippen LogP contribution in [0.2, 0.25) is 0 Å². The number of carbonyl (C=O) groups excluding carboxylic acids is 2. The van der Waals surface area contributed by atoms with Crippen molar-refractivity contribution in [3.05, 3.63) is 60.8 Å². The summed E-state index contributed by atoms with van der Waals surface area (Å²) >= 11 is 0. The first-order chi connectivity index (χ1) is 41.6. The number of hydrogen-bond acceptors (Lipinski definition) is 7. The molecule has 0 heterocycles. The van der Waals surface area contributed by atoms with E-state index in [-0.39, 0.29) is 32.2 Å². The van der Waals surface area contributed by atoms with Crippen LogP contribution in [0.4, 0.5) is 0 Å². The van der Waals surface area contributed by atoms with Gasteiger partial charge in [-0.1, -0.05) is 319 Å². The Morgan fingerprint density at radius 3 is 1.01 bits per heavy atom. The number of unbranched alkanes of at least 4 members (excludes halogenated alkanes) is 43. The van der Waals surface area contributed by atoms with Crippen molar-refractivity contribution >= 4 is 17.9 Å². The molecule has 496 valence electrons. The van der Waals surface area contributed by atoms with Crippen molar-refractivity contribution in [2.75, 3.05) is 47.5 Å². The fourth-order valence-corrected chi connectivity index (χ4v) is 10.7. The molecule has 0 saturated carbocycles. The van der Waals surface area contributed by atoms with E-state index in [9.17, 15) is 19.5 Å². The van der Waals surface area contributed by atoms with Gasteiger partial charge in [0.1, 0.15) is 13.2 Å². The van der Waals surface area contributed by atoms with Crippen LogP contribution in [0.1, 0.15) is 348 Å². The molecule has 1 N–H and O–H groups in total. The second kappa shape index (κ2) is 66.9. The van der Waals surface area contributed by atoms with Crippen LogP contribution in [0.15, 0.2) is 60.8 Å². The van der Waals surface area contributed by atoms with Gasteiger partial charge in [0.2, 0.25) is 0 Å². The highest BCUT2D eigenvalue weighted by atomic mass is 16.7. The van der Waals surface area contributed by atoms with E-state index in [1.165, 1.54) is 257 Å². The number of esters is 2. The van der Waals surface area contributed by atoms with Crippen molar-refractivity contribution < 1.29 is 42.9 Å². The minimum Gasteiger partial charge on any atom is -0.477 e. The lowest BCUT2D eigenvalue weighted by atomic mass is 10.0. The molecule has 9 nitrogen and oxygen atoms in total. The van der Waals surface area contributed by atoms with Gasteiger partial charge in [-0.3, -0.25) is 9.59 Å². The Hall–Kier alpha value is -3.01. The first kappa shape index (κ1) is 82.0. The number of likely N-dealkylation sites (N-methyl/N-ethyl adjacent to an activating group) is 1. The average Bonchev–Trinajstić information content (AvgIpc) is 3.49. The normalized spacial score (nSPS) is 13.0. The molecule has 0 aromatic rings. The number of carbonyl (C=O) groups is 3. The Morgan fingerprint density at radius 2 is 0.671 bits per heavy atom. The molecular weight excluding hydrogens is 1050 g/mol. The number of carboxylic acid groups (broad SMARTS) is 1. The Balaban J connectivity index is 4.02. The first-order valence-corrected chi connectivity index (χ1v) is 36.5. The molecule has 2 atom stereocenters. The quantitative estimate of drug-likeness (QED) is 0.0211. The highest BCUT2D eigenvalue weighted by Crippen LogP contribution is 2.19. The van der Waals surface area contributed by atoms with Crippen molar-refractivity contribution in [2.24, 2.45) is 0 Å². The number of nitrogens with zero attached hydrogens (tertiary/aromatic N) is 1. The van der Waals surface area contributed by atoms with Crippen LogP contribution in [0.25, 0.3) is 0 Å². The number of allylic oxidation sites excluding steroid dienone is 10. The Bertz CT molecular complexity index is 1580. The van der Waals surface area contributed by atoms with Gasteiger partial charge in [0.05, 0.1) is 34.4 Å². The van der Waals surface area contributed by atoms with Crippen LogP contribution < -0.4 is 0 Å². The van der Waals surface area contributed by atoms with Gasteiger partial charge in [-0.2, -0.15) is 0 Å². The van der Waals surface area contributed by atoms with Gasteiger partial charge < -0.3 is 28.5 Å². The monoisotopic (exact) mass is 1200 g/mol. The van der Waals surface area contributed by atoms with Crippen LogP contribution in [0.5, 0.6) is 0 Å². The Morgan fingerprint density at radius 1 is 0.365 bits per heavy atom. The predicted octanol–water partition coefficient (Wildman–Crippen LogP) is 22.7. The zero-order valence-electron chi connectivity index (χ0n) is 56.8. The summed E-state index contributed by atoms with van der Waals surface area (Å²) in [5.74, 6) is -1.99. The molecule has 0 spiro atoms. The molecule has 0 bridgehead atoms. The average molecular weight is 1200 g/mol. The van der Waals surface area contributed by atoms with Crippen molar-refractivity contribution in [2.45, 2.75) is 360 Å². The topological polar surface area (TPSA) is 108 Å². The highest BCUT2D eigenvalue weighted by Gasteiger charge is 2.25.